The predicted octanol–water partition coefficient (Wildman–Crippen LogP) is 5.41. The van der Waals surface area contributed by atoms with Crippen LogP contribution in [0.2, 0.25) is 5.02 Å². The highest BCUT2D eigenvalue weighted by Crippen LogP contribution is 2.44. The smallest absolute Gasteiger partial charge is 0.320 e. The topological polar surface area (TPSA) is 114 Å². The number of carbonyl (C=O) groups excluding carboxylic acids is 1. The third kappa shape index (κ3) is 4.38. The van der Waals surface area contributed by atoms with E-state index in [1.165, 1.54) is 24.3 Å². The Morgan fingerprint density at radius 1 is 1.15 bits per heavy atom. The molecule has 34 heavy (non-hydrogen) atoms. The van der Waals surface area contributed by atoms with Crippen molar-refractivity contribution < 1.29 is 24.0 Å². The molecule has 3 aromatic carbocycles. The molecule has 174 valence electrons. The molecule has 1 aliphatic rings. The van der Waals surface area contributed by atoms with Crippen molar-refractivity contribution >= 4 is 34.6 Å². The number of ether oxygens (including phenoxy) is 1. The van der Waals surface area contributed by atoms with Gasteiger partial charge in [-0.1, -0.05) is 48.0 Å². The van der Waals surface area contributed by atoms with Crippen LogP contribution in [0.1, 0.15) is 29.7 Å². The first-order chi connectivity index (χ1) is 16.3. The zero-order chi connectivity index (χ0) is 24.4. The molecule has 2 amide bonds. The standard InChI is InChI=1S/C24H19ClFN3O5/c1-2-34-19-12-15(11-18(23(19)30)29(32)33)22-20(13-6-4-3-5-7-13)21(27-24(31)28-22)14-8-9-16(25)17(26)10-14/h3-12,22,30H,2H2,1H3,(H2,27,28,31). The Labute approximate surface area is 198 Å². The largest absolute Gasteiger partial charge is 0.500 e. The van der Waals surface area contributed by atoms with Crippen LogP contribution in [-0.2, 0) is 0 Å². The molecular weight excluding hydrogens is 465 g/mol. The molecule has 0 saturated heterocycles. The van der Waals surface area contributed by atoms with Crippen molar-refractivity contribution in [2.24, 2.45) is 0 Å². The Bertz CT molecular complexity index is 1310. The number of hydrogen-bond acceptors (Lipinski definition) is 5. The van der Waals surface area contributed by atoms with Crippen molar-refractivity contribution in [2.75, 3.05) is 6.61 Å². The van der Waals surface area contributed by atoms with Gasteiger partial charge in [-0.25, -0.2) is 9.18 Å². The van der Waals surface area contributed by atoms with Crippen LogP contribution in [0.5, 0.6) is 11.5 Å². The van der Waals surface area contributed by atoms with Gasteiger partial charge in [-0.2, -0.15) is 0 Å². The molecule has 1 heterocycles. The fourth-order valence-corrected chi connectivity index (χ4v) is 3.93. The Morgan fingerprint density at radius 3 is 2.53 bits per heavy atom. The predicted molar refractivity (Wildman–Crippen MR) is 125 cm³/mol. The van der Waals surface area contributed by atoms with E-state index >= 15 is 0 Å². The molecule has 10 heteroatoms. The molecule has 0 radical (unpaired) electrons. The molecule has 4 rings (SSSR count). The quantitative estimate of drug-likeness (QED) is 0.320. The fourth-order valence-electron chi connectivity index (χ4n) is 3.81. The maximum Gasteiger partial charge on any atom is 0.320 e. The number of aromatic hydroxyl groups is 1. The minimum absolute atomic E-state index is 0.0714. The summed E-state index contributed by atoms with van der Waals surface area (Å²) in [6, 6.07) is 14.3. The monoisotopic (exact) mass is 483 g/mol. The molecule has 1 aliphatic heterocycles. The summed E-state index contributed by atoms with van der Waals surface area (Å²) >= 11 is 5.84. The molecule has 0 aromatic heterocycles. The van der Waals surface area contributed by atoms with Gasteiger partial charge in [0.1, 0.15) is 5.82 Å². The molecule has 0 spiro atoms. The zero-order valence-electron chi connectivity index (χ0n) is 17.8. The highest BCUT2D eigenvalue weighted by Gasteiger charge is 2.33. The first kappa shape index (κ1) is 23.1. The van der Waals surface area contributed by atoms with Gasteiger partial charge in [0.05, 0.1) is 28.3 Å². The summed E-state index contributed by atoms with van der Waals surface area (Å²) in [5, 5.41) is 27.3. The van der Waals surface area contributed by atoms with Crippen molar-refractivity contribution in [1.82, 2.24) is 10.6 Å². The van der Waals surface area contributed by atoms with Crippen LogP contribution in [0.3, 0.4) is 0 Å². The number of halogens is 2. The van der Waals surface area contributed by atoms with Gasteiger partial charge in [0, 0.05) is 17.2 Å². The Kier molecular flexibility index (Phi) is 6.38. The van der Waals surface area contributed by atoms with E-state index in [9.17, 15) is 24.4 Å². The number of nitro benzene ring substituents is 1. The number of carbonyl (C=O) groups is 1. The molecular formula is C24H19ClFN3O5. The molecule has 8 nitrogen and oxygen atoms in total. The van der Waals surface area contributed by atoms with Gasteiger partial charge >= 0.3 is 11.7 Å². The van der Waals surface area contributed by atoms with Gasteiger partial charge in [-0.15, -0.1) is 0 Å². The van der Waals surface area contributed by atoms with Gasteiger partial charge in [0.15, 0.2) is 5.75 Å². The van der Waals surface area contributed by atoms with Crippen LogP contribution in [0.4, 0.5) is 14.9 Å². The summed E-state index contributed by atoms with van der Waals surface area (Å²) in [6.45, 7) is 1.83. The number of phenols is 1. The molecule has 0 saturated carbocycles. The lowest BCUT2D eigenvalue weighted by Crippen LogP contribution is -2.43. The maximum atomic E-state index is 14.3. The number of nitrogens with zero attached hydrogens (tertiary/aromatic N) is 1. The van der Waals surface area contributed by atoms with Gasteiger partial charge in [0.25, 0.3) is 0 Å². The van der Waals surface area contributed by atoms with E-state index in [1.54, 1.807) is 37.3 Å². The molecule has 3 aromatic rings. The van der Waals surface area contributed by atoms with Gasteiger partial charge in [-0.05, 0) is 36.2 Å². The fraction of sp³-hybridized carbons (Fsp3) is 0.125. The molecule has 0 bridgehead atoms. The molecule has 3 N–H and O–H groups in total. The summed E-state index contributed by atoms with van der Waals surface area (Å²) in [5.41, 5.74) is 1.61. The Balaban J connectivity index is 2.00. The van der Waals surface area contributed by atoms with Crippen LogP contribution in [-0.4, -0.2) is 22.7 Å². The zero-order valence-corrected chi connectivity index (χ0v) is 18.6. The number of urea groups is 1. The second kappa shape index (κ2) is 9.40. The first-order valence-corrected chi connectivity index (χ1v) is 10.6. The molecule has 1 unspecified atom stereocenters. The number of phenolic OH excluding ortho intramolecular Hbond substituents is 1. The van der Waals surface area contributed by atoms with E-state index in [4.69, 9.17) is 16.3 Å². The van der Waals surface area contributed by atoms with E-state index in [-0.39, 0.29) is 17.4 Å². The third-order valence-electron chi connectivity index (χ3n) is 5.27. The van der Waals surface area contributed by atoms with E-state index in [0.29, 0.717) is 28.0 Å². The molecule has 0 aliphatic carbocycles. The highest BCUT2D eigenvalue weighted by molar-refractivity contribution is 6.30. The average Bonchev–Trinajstić information content (AvgIpc) is 2.82. The summed E-state index contributed by atoms with van der Waals surface area (Å²) < 4.78 is 19.7. The van der Waals surface area contributed by atoms with E-state index in [0.717, 1.165) is 0 Å². The van der Waals surface area contributed by atoms with Crippen LogP contribution in [0.15, 0.2) is 60.7 Å². The maximum absolute atomic E-state index is 14.3. The van der Waals surface area contributed by atoms with Crippen LogP contribution in [0.25, 0.3) is 11.3 Å². The second-order valence-corrected chi connectivity index (χ2v) is 7.80. The van der Waals surface area contributed by atoms with Crippen molar-refractivity contribution in [3.8, 4) is 11.5 Å². The van der Waals surface area contributed by atoms with E-state index < -0.39 is 34.3 Å². The van der Waals surface area contributed by atoms with Gasteiger partial charge in [0.2, 0.25) is 5.75 Å². The Hall–Kier alpha value is -4.11. The van der Waals surface area contributed by atoms with Crippen molar-refractivity contribution in [3.63, 3.8) is 0 Å². The van der Waals surface area contributed by atoms with Gasteiger partial charge in [-0.3, -0.25) is 10.1 Å². The number of nitrogens with one attached hydrogen (secondary N) is 2. The summed E-state index contributed by atoms with van der Waals surface area (Å²) in [7, 11) is 0. The van der Waals surface area contributed by atoms with Crippen LogP contribution < -0.4 is 15.4 Å². The van der Waals surface area contributed by atoms with Crippen molar-refractivity contribution in [3.05, 3.63) is 98.3 Å². The summed E-state index contributed by atoms with van der Waals surface area (Å²) in [6.07, 6.45) is 0. The number of amides is 2. The second-order valence-electron chi connectivity index (χ2n) is 7.39. The van der Waals surface area contributed by atoms with Crippen molar-refractivity contribution in [2.45, 2.75) is 13.0 Å². The van der Waals surface area contributed by atoms with Gasteiger partial charge < -0.3 is 20.5 Å². The minimum Gasteiger partial charge on any atom is -0.500 e. The third-order valence-corrected chi connectivity index (χ3v) is 5.58. The summed E-state index contributed by atoms with van der Waals surface area (Å²) in [5.74, 6) is -1.37. The SMILES string of the molecule is CCOc1cc(C2NC(=O)NC(c3ccc(Cl)c(F)c3)=C2c2ccccc2)cc([N+](=O)[O-])c1O. The van der Waals surface area contributed by atoms with Crippen molar-refractivity contribution in [1.29, 1.82) is 0 Å². The minimum atomic E-state index is -0.886. The van der Waals surface area contributed by atoms with Crippen LogP contribution in [0, 0.1) is 15.9 Å². The average molecular weight is 484 g/mol. The number of hydrogen-bond donors (Lipinski definition) is 3. The van der Waals surface area contributed by atoms with Crippen LogP contribution >= 0.6 is 11.6 Å². The van der Waals surface area contributed by atoms with E-state index in [2.05, 4.69) is 10.6 Å². The lowest BCUT2D eigenvalue weighted by molar-refractivity contribution is -0.386. The lowest BCUT2D eigenvalue weighted by Gasteiger charge is -2.31. The molecule has 1 atom stereocenters. The first-order valence-electron chi connectivity index (χ1n) is 10.3. The van der Waals surface area contributed by atoms with E-state index in [1.807, 2.05) is 6.07 Å². The normalized spacial score (nSPS) is 15.5. The highest BCUT2D eigenvalue weighted by atomic mass is 35.5. The molecule has 0 fully saturated rings. The number of nitro groups is 1. The lowest BCUT2D eigenvalue weighted by atomic mass is 9.87. The Morgan fingerprint density at radius 2 is 1.88 bits per heavy atom. The number of benzene rings is 3. The summed E-state index contributed by atoms with van der Waals surface area (Å²) in [4.78, 5) is 23.5. The number of rotatable bonds is 6.